The van der Waals surface area contributed by atoms with Crippen LogP contribution >= 0.6 is 11.3 Å². The molecule has 9 heteroatoms. The fraction of sp³-hybridized carbons (Fsp3) is 0.250. The maximum atomic E-state index is 13.8. The van der Waals surface area contributed by atoms with E-state index in [4.69, 9.17) is 11.5 Å². The second-order valence-electron chi connectivity index (χ2n) is 4.20. The molecule has 0 radical (unpaired) electrons. The average molecular weight is 310 g/mol. The first kappa shape index (κ1) is 15.1. The number of thiazole rings is 1. The van der Waals surface area contributed by atoms with Gasteiger partial charge in [0.1, 0.15) is 5.82 Å². The zero-order valence-corrected chi connectivity index (χ0v) is 12.1. The minimum atomic E-state index is -0.775. The smallest absolute Gasteiger partial charge is 0.252 e. The Morgan fingerprint density at radius 1 is 1.48 bits per heavy atom. The molecule has 0 saturated carbocycles. The van der Waals surface area contributed by atoms with Gasteiger partial charge in [-0.15, -0.1) is 11.3 Å². The van der Waals surface area contributed by atoms with Crippen LogP contribution in [0.25, 0.3) is 0 Å². The Hall–Kier alpha value is -2.26. The molecule has 21 heavy (non-hydrogen) atoms. The zero-order valence-electron chi connectivity index (χ0n) is 11.3. The van der Waals surface area contributed by atoms with Gasteiger partial charge in [0.2, 0.25) is 0 Å². The van der Waals surface area contributed by atoms with Gasteiger partial charge in [-0.1, -0.05) is 0 Å². The number of rotatable bonds is 6. The highest BCUT2D eigenvalue weighted by Crippen LogP contribution is 2.25. The van der Waals surface area contributed by atoms with Crippen molar-refractivity contribution < 1.29 is 9.18 Å². The number of aromatic nitrogens is 2. The minimum Gasteiger partial charge on any atom is -0.366 e. The highest BCUT2D eigenvalue weighted by Gasteiger charge is 2.16. The van der Waals surface area contributed by atoms with Crippen molar-refractivity contribution in [3.05, 3.63) is 28.5 Å². The zero-order chi connectivity index (χ0) is 15.4. The van der Waals surface area contributed by atoms with Crippen molar-refractivity contribution in [2.24, 2.45) is 11.5 Å². The van der Waals surface area contributed by atoms with Gasteiger partial charge in [0.05, 0.1) is 5.56 Å². The third-order valence-corrected chi connectivity index (χ3v) is 3.35. The van der Waals surface area contributed by atoms with Crippen LogP contribution in [0, 0.1) is 12.7 Å². The summed E-state index contributed by atoms with van der Waals surface area (Å²) in [4.78, 5) is 20.6. The third-order valence-electron chi connectivity index (χ3n) is 2.52. The summed E-state index contributed by atoms with van der Waals surface area (Å²) < 4.78 is 13.8. The van der Waals surface area contributed by atoms with E-state index in [1.807, 2.05) is 6.92 Å². The molecule has 0 spiro atoms. The van der Waals surface area contributed by atoms with Gasteiger partial charge in [0.15, 0.2) is 16.8 Å². The molecular formula is C12H15FN6OS. The number of hydrogen-bond acceptors (Lipinski definition) is 7. The Morgan fingerprint density at radius 2 is 2.24 bits per heavy atom. The monoisotopic (exact) mass is 310 g/mol. The highest BCUT2D eigenvalue weighted by molar-refractivity contribution is 7.15. The maximum absolute atomic E-state index is 13.8. The molecule has 2 rings (SSSR count). The lowest BCUT2D eigenvalue weighted by molar-refractivity contribution is 0.100. The number of nitrogens with two attached hydrogens (primary N) is 2. The van der Waals surface area contributed by atoms with E-state index in [2.05, 4.69) is 20.6 Å². The van der Waals surface area contributed by atoms with Gasteiger partial charge in [-0.05, 0) is 13.0 Å². The van der Waals surface area contributed by atoms with E-state index in [0.717, 1.165) is 10.9 Å². The minimum absolute atomic E-state index is 0.00114. The molecule has 0 bridgehead atoms. The van der Waals surface area contributed by atoms with Gasteiger partial charge in [-0.3, -0.25) is 4.79 Å². The molecule has 0 aromatic carbocycles. The number of nitrogens with zero attached hydrogens (tertiary/aromatic N) is 2. The van der Waals surface area contributed by atoms with Gasteiger partial charge in [-0.25, -0.2) is 14.4 Å². The molecule has 2 heterocycles. The van der Waals surface area contributed by atoms with Gasteiger partial charge in [0.25, 0.3) is 5.91 Å². The van der Waals surface area contributed by atoms with Crippen molar-refractivity contribution in [3.8, 4) is 0 Å². The number of amides is 1. The quantitative estimate of drug-likeness (QED) is 0.636. The SMILES string of the molecule is Cc1cnc(Nc2nc(NCCN)c(F)cc2C(N)=O)s1. The van der Waals surface area contributed by atoms with Gasteiger partial charge in [-0.2, -0.15) is 0 Å². The molecule has 0 unspecified atom stereocenters. The summed E-state index contributed by atoms with van der Waals surface area (Å²) in [6.07, 6.45) is 1.67. The van der Waals surface area contributed by atoms with E-state index in [0.29, 0.717) is 18.2 Å². The van der Waals surface area contributed by atoms with Crippen molar-refractivity contribution in [1.29, 1.82) is 0 Å². The predicted molar refractivity (Wildman–Crippen MR) is 80.4 cm³/mol. The molecule has 6 N–H and O–H groups in total. The second-order valence-corrected chi connectivity index (χ2v) is 5.43. The summed E-state index contributed by atoms with van der Waals surface area (Å²) >= 11 is 1.38. The molecule has 0 atom stereocenters. The van der Waals surface area contributed by atoms with E-state index in [9.17, 15) is 9.18 Å². The number of hydrogen-bond donors (Lipinski definition) is 4. The molecule has 2 aromatic rings. The number of anilines is 3. The number of halogens is 1. The average Bonchev–Trinajstić information content (AvgIpc) is 2.84. The first-order valence-corrected chi connectivity index (χ1v) is 6.96. The number of carbonyl (C=O) groups excluding carboxylic acids is 1. The van der Waals surface area contributed by atoms with Gasteiger partial charge < -0.3 is 22.1 Å². The first-order valence-electron chi connectivity index (χ1n) is 6.15. The number of nitrogens with one attached hydrogen (secondary N) is 2. The van der Waals surface area contributed by atoms with Crippen LogP contribution in [0.3, 0.4) is 0 Å². The highest BCUT2D eigenvalue weighted by atomic mass is 32.1. The topological polar surface area (TPSA) is 119 Å². The summed E-state index contributed by atoms with van der Waals surface area (Å²) in [5.74, 6) is -1.29. The Balaban J connectivity index is 2.37. The van der Waals surface area contributed by atoms with E-state index in [-0.39, 0.29) is 17.2 Å². The normalized spacial score (nSPS) is 10.4. The number of carbonyl (C=O) groups is 1. The fourth-order valence-corrected chi connectivity index (χ4v) is 2.26. The van der Waals surface area contributed by atoms with Crippen molar-refractivity contribution in [2.45, 2.75) is 6.92 Å². The van der Waals surface area contributed by atoms with E-state index in [1.165, 1.54) is 11.3 Å². The molecule has 112 valence electrons. The first-order chi connectivity index (χ1) is 10.0. The van der Waals surface area contributed by atoms with Crippen LogP contribution in [0.2, 0.25) is 0 Å². The molecule has 0 aliphatic rings. The fourth-order valence-electron chi connectivity index (χ4n) is 1.60. The Morgan fingerprint density at radius 3 is 2.81 bits per heavy atom. The number of aryl methyl sites for hydroxylation is 1. The largest absolute Gasteiger partial charge is 0.366 e. The van der Waals surface area contributed by atoms with Crippen molar-refractivity contribution in [2.75, 3.05) is 23.7 Å². The lowest BCUT2D eigenvalue weighted by Crippen LogP contribution is -2.18. The predicted octanol–water partition coefficient (Wildman–Crippen LogP) is 1.20. The van der Waals surface area contributed by atoms with Gasteiger partial charge in [0, 0.05) is 24.2 Å². The number of primary amides is 1. The lowest BCUT2D eigenvalue weighted by atomic mass is 10.2. The third kappa shape index (κ3) is 3.64. The second kappa shape index (κ2) is 6.46. The Kier molecular flexibility index (Phi) is 4.66. The number of pyridine rings is 1. The van der Waals surface area contributed by atoms with Crippen LogP contribution < -0.4 is 22.1 Å². The van der Waals surface area contributed by atoms with Crippen molar-refractivity contribution in [1.82, 2.24) is 9.97 Å². The molecule has 0 fully saturated rings. The van der Waals surface area contributed by atoms with E-state index < -0.39 is 11.7 Å². The molecule has 0 aliphatic carbocycles. The molecule has 1 amide bonds. The van der Waals surface area contributed by atoms with Crippen molar-refractivity contribution >= 4 is 34.0 Å². The molecule has 2 aromatic heterocycles. The molecular weight excluding hydrogens is 295 g/mol. The summed E-state index contributed by atoms with van der Waals surface area (Å²) in [5, 5.41) is 6.16. The van der Waals surface area contributed by atoms with Gasteiger partial charge >= 0.3 is 0 Å². The van der Waals surface area contributed by atoms with Crippen LogP contribution in [0.5, 0.6) is 0 Å². The summed E-state index contributed by atoms with van der Waals surface area (Å²) in [6.45, 7) is 2.58. The van der Waals surface area contributed by atoms with Crippen molar-refractivity contribution in [3.63, 3.8) is 0 Å². The van der Waals surface area contributed by atoms with Crippen LogP contribution in [0.4, 0.5) is 21.2 Å². The molecule has 0 saturated heterocycles. The standard InChI is InChI=1S/C12H15FN6OS/c1-6-5-17-12(21-6)19-10-7(9(15)20)4-8(13)11(18-10)16-3-2-14/h4-5H,2-3,14H2,1H3,(H2,15,20)(H2,16,17,18,19). The summed E-state index contributed by atoms with van der Waals surface area (Å²) in [7, 11) is 0. The summed E-state index contributed by atoms with van der Waals surface area (Å²) in [5.41, 5.74) is 10.6. The Labute approximate surface area is 124 Å². The maximum Gasteiger partial charge on any atom is 0.252 e. The van der Waals surface area contributed by atoms with E-state index in [1.54, 1.807) is 6.20 Å². The van der Waals surface area contributed by atoms with Crippen LogP contribution in [0.1, 0.15) is 15.2 Å². The lowest BCUT2D eigenvalue weighted by Gasteiger charge is -2.11. The van der Waals surface area contributed by atoms with Crippen LogP contribution in [-0.2, 0) is 0 Å². The van der Waals surface area contributed by atoms with Crippen LogP contribution in [0.15, 0.2) is 12.3 Å². The van der Waals surface area contributed by atoms with E-state index >= 15 is 0 Å². The Bertz CT molecular complexity index is 659. The van der Waals surface area contributed by atoms with Crippen LogP contribution in [-0.4, -0.2) is 29.0 Å². The summed E-state index contributed by atoms with van der Waals surface area (Å²) in [6, 6.07) is 1.04. The molecule has 0 aliphatic heterocycles. The molecule has 7 nitrogen and oxygen atoms in total.